The van der Waals surface area contributed by atoms with Crippen LogP contribution in [0.5, 0.6) is 0 Å². The molecule has 0 spiro atoms. The van der Waals surface area contributed by atoms with Crippen molar-refractivity contribution in [2.75, 3.05) is 37.6 Å². The molecule has 188 valence electrons. The van der Waals surface area contributed by atoms with Crippen molar-refractivity contribution in [3.63, 3.8) is 0 Å². The van der Waals surface area contributed by atoms with E-state index in [1.807, 2.05) is 11.0 Å². The number of benzene rings is 1. The molecule has 3 atom stereocenters. The molecule has 3 heterocycles. The number of halogens is 2. The van der Waals surface area contributed by atoms with Crippen molar-refractivity contribution in [1.82, 2.24) is 19.8 Å². The van der Waals surface area contributed by atoms with E-state index in [-0.39, 0.29) is 17.0 Å². The highest BCUT2D eigenvalue weighted by Crippen LogP contribution is 2.38. The largest absolute Gasteiger partial charge is 0.353 e. The number of amides is 1. The predicted molar refractivity (Wildman–Crippen MR) is 137 cm³/mol. The fourth-order valence-electron chi connectivity index (χ4n) is 6.26. The number of rotatable bonds is 5. The van der Waals surface area contributed by atoms with Gasteiger partial charge in [-0.25, -0.2) is 14.4 Å². The normalized spacial score (nSPS) is 23.7. The molecule has 1 amide bonds. The first-order chi connectivity index (χ1) is 16.8. The van der Waals surface area contributed by atoms with Crippen molar-refractivity contribution < 1.29 is 9.18 Å². The lowest BCUT2D eigenvalue weighted by Crippen LogP contribution is -2.53. The van der Waals surface area contributed by atoms with Crippen LogP contribution in [0, 0.1) is 5.82 Å². The van der Waals surface area contributed by atoms with Crippen LogP contribution in [0.2, 0.25) is 5.02 Å². The highest BCUT2D eigenvalue weighted by atomic mass is 35.5. The van der Waals surface area contributed by atoms with Crippen molar-refractivity contribution in [2.24, 2.45) is 0 Å². The molecular weight excluding hydrogens is 465 g/mol. The Morgan fingerprint density at radius 1 is 1.11 bits per heavy atom. The Hall–Kier alpha value is -2.25. The summed E-state index contributed by atoms with van der Waals surface area (Å²) in [4.78, 5) is 29.8. The van der Waals surface area contributed by atoms with Crippen molar-refractivity contribution in [3.8, 4) is 0 Å². The second-order valence-electron chi connectivity index (χ2n) is 10.5. The van der Waals surface area contributed by atoms with E-state index in [2.05, 4.69) is 40.5 Å². The maximum Gasteiger partial charge on any atom is 0.231 e. The lowest BCUT2D eigenvalue weighted by molar-refractivity contribution is -0.134. The van der Waals surface area contributed by atoms with E-state index in [0.29, 0.717) is 25.0 Å². The fourth-order valence-corrected chi connectivity index (χ4v) is 6.38. The molecule has 35 heavy (non-hydrogen) atoms. The SMILES string of the molecule is CC(C)N1CCC[C@H]1[C@@H](C(=O)N1CCN(c2ncnc3c2[C@H](C)CC3)CC1)c1ccc(Cl)c(F)c1. The number of nitrogens with zero attached hydrogens (tertiary/aromatic N) is 5. The van der Waals surface area contributed by atoms with Gasteiger partial charge >= 0.3 is 0 Å². The molecule has 1 aromatic carbocycles. The molecule has 0 N–H and O–H groups in total. The second kappa shape index (κ2) is 10.0. The minimum absolute atomic E-state index is 0.0621. The number of fused-ring (bicyclic) bond motifs is 1. The van der Waals surface area contributed by atoms with Gasteiger partial charge in [0.05, 0.1) is 10.9 Å². The Labute approximate surface area is 212 Å². The Morgan fingerprint density at radius 2 is 1.89 bits per heavy atom. The van der Waals surface area contributed by atoms with Crippen LogP contribution in [0.1, 0.15) is 68.7 Å². The number of carbonyl (C=O) groups excluding carboxylic acids is 1. The Bertz CT molecular complexity index is 1090. The topological polar surface area (TPSA) is 52.6 Å². The highest BCUT2D eigenvalue weighted by molar-refractivity contribution is 6.30. The molecule has 2 aromatic rings. The number of likely N-dealkylation sites (tertiary alicyclic amines) is 1. The lowest BCUT2D eigenvalue weighted by atomic mass is 9.87. The standard InChI is InChI=1S/C27H35ClFN5O/c1-17(2)34-10-4-5-23(34)25(19-7-8-20(28)21(29)15-19)27(35)33-13-11-32(12-14-33)26-24-18(3)6-9-22(24)30-16-31-26/h7-8,15-18,23,25H,4-6,9-14H2,1-3H3/t18-,23+,25+/m1/s1. The number of aryl methyl sites for hydroxylation is 1. The monoisotopic (exact) mass is 499 g/mol. The first-order valence-electron chi connectivity index (χ1n) is 12.9. The molecule has 5 rings (SSSR count). The van der Waals surface area contributed by atoms with Crippen LogP contribution in [-0.4, -0.2) is 70.5 Å². The zero-order valence-electron chi connectivity index (χ0n) is 20.9. The minimum atomic E-state index is -0.465. The molecule has 2 aliphatic heterocycles. The molecule has 0 saturated carbocycles. The van der Waals surface area contributed by atoms with Gasteiger partial charge in [0.15, 0.2) is 0 Å². The number of hydrogen-bond acceptors (Lipinski definition) is 5. The van der Waals surface area contributed by atoms with Crippen LogP contribution in [0.25, 0.3) is 0 Å². The second-order valence-corrected chi connectivity index (χ2v) is 10.9. The van der Waals surface area contributed by atoms with E-state index < -0.39 is 11.7 Å². The van der Waals surface area contributed by atoms with Gasteiger partial charge in [0.25, 0.3) is 0 Å². The average molecular weight is 500 g/mol. The Kier molecular flexibility index (Phi) is 6.99. The quantitative estimate of drug-likeness (QED) is 0.600. The molecule has 8 heteroatoms. The van der Waals surface area contributed by atoms with Crippen molar-refractivity contribution in [3.05, 3.63) is 52.2 Å². The van der Waals surface area contributed by atoms with E-state index in [1.165, 1.54) is 17.3 Å². The summed E-state index contributed by atoms with van der Waals surface area (Å²) in [6.45, 7) is 10.3. The van der Waals surface area contributed by atoms with E-state index >= 15 is 0 Å². The predicted octanol–water partition coefficient (Wildman–Crippen LogP) is 4.62. The van der Waals surface area contributed by atoms with Gasteiger partial charge in [0.2, 0.25) is 5.91 Å². The van der Waals surface area contributed by atoms with Crippen LogP contribution in [0.4, 0.5) is 10.2 Å². The fraction of sp³-hybridized carbons (Fsp3) is 0.593. The smallest absolute Gasteiger partial charge is 0.231 e. The van der Waals surface area contributed by atoms with Gasteiger partial charge in [-0.1, -0.05) is 24.6 Å². The van der Waals surface area contributed by atoms with E-state index in [4.69, 9.17) is 11.6 Å². The third-order valence-electron chi connectivity index (χ3n) is 8.10. The first kappa shape index (κ1) is 24.4. The van der Waals surface area contributed by atoms with Gasteiger partial charge in [0, 0.05) is 49.5 Å². The summed E-state index contributed by atoms with van der Waals surface area (Å²) in [6, 6.07) is 5.26. The maximum atomic E-state index is 14.5. The number of piperazine rings is 1. The molecular formula is C27H35ClFN5O. The average Bonchev–Trinajstić information content (AvgIpc) is 3.49. The van der Waals surface area contributed by atoms with Gasteiger partial charge in [0.1, 0.15) is 18.0 Å². The molecule has 2 saturated heterocycles. The summed E-state index contributed by atoms with van der Waals surface area (Å²) < 4.78 is 14.5. The van der Waals surface area contributed by atoms with E-state index in [1.54, 1.807) is 12.4 Å². The summed E-state index contributed by atoms with van der Waals surface area (Å²) in [5, 5.41) is 0.0901. The Balaban J connectivity index is 1.37. The van der Waals surface area contributed by atoms with Crippen LogP contribution in [0.15, 0.2) is 24.5 Å². The molecule has 6 nitrogen and oxygen atoms in total. The van der Waals surface area contributed by atoms with Crippen molar-refractivity contribution in [1.29, 1.82) is 0 Å². The van der Waals surface area contributed by atoms with Gasteiger partial charge < -0.3 is 9.80 Å². The van der Waals surface area contributed by atoms with E-state index in [0.717, 1.165) is 56.7 Å². The van der Waals surface area contributed by atoms with Crippen molar-refractivity contribution in [2.45, 2.75) is 70.4 Å². The number of aromatic nitrogens is 2. The summed E-state index contributed by atoms with van der Waals surface area (Å²) in [6.07, 6.45) is 5.79. The molecule has 3 aliphatic rings. The maximum absolute atomic E-state index is 14.5. The third kappa shape index (κ3) is 4.65. The van der Waals surface area contributed by atoms with Gasteiger partial charge in [-0.15, -0.1) is 0 Å². The zero-order chi connectivity index (χ0) is 24.7. The van der Waals surface area contributed by atoms with Gasteiger partial charge in [-0.3, -0.25) is 9.69 Å². The molecule has 2 fully saturated rings. The molecule has 0 unspecified atom stereocenters. The van der Waals surface area contributed by atoms with Crippen LogP contribution >= 0.6 is 11.6 Å². The van der Waals surface area contributed by atoms with E-state index in [9.17, 15) is 9.18 Å². The lowest BCUT2D eigenvalue weighted by Gasteiger charge is -2.40. The third-order valence-corrected chi connectivity index (χ3v) is 8.41. The Morgan fingerprint density at radius 3 is 2.60 bits per heavy atom. The zero-order valence-corrected chi connectivity index (χ0v) is 21.6. The minimum Gasteiger partial charge on any atom is -0.353 e. The summed E-state index contributed by atoms with van der Waals surface area (Å²) >= 11 is 5.98. The number of anilines is 1. The van der Waals surface area contributed by atoms with Crippen LogP contribution < -0.4 is 4.90 Å². The van der Waals surface area contributed by atoms with Gasteiger partial charge in [-0.2, -0.15) is 0 Å². The molecule has 0 bridgehead atoms. The van der Waals surface area contributed by atoms with Crippen LogP contribution in [-0.2, 0) is 11.2 Å². The molecule has 1 aromatic heterocycles. The number of carbonyl (C=O) groups is 1. The van der Waals surface area contributed by atoms with Gasteiger partial charge in [-0.05, 0) is 69.7 Å². The first-order valence-corrected chi connectivity index (χ1v) is 13.3. The number of hydrogen-bond donors (Lipinski definition) is 0. The molecule has 1 aliphatic carbocycles. The summed E-state index contributed by atoms with van der Waals surface area (Å²) in [5.41, 5.74) is 3.17. The van der Waals surface area contributed by atoms with Crippen molar-refractivity contribution >= 4 is 23.3 Å². The van der Waals surface area contributed by atoms with Crippen LogP contribution in [0.3, 0.4) is 0 Å². The highest BCUT2D eigenvalue weighted by Gasteiger charge is 2.41. The summed E-state index contributed by atoms with van der Waals surface area (Å²) in [5.74, 6) is 0.721. The summed E-state index contributed by atoms with van der Waals surface area (Å²) in [7, 11) is 0. The molecule has 0 radical (unpaired) electrons.